The van der Waals surface area contributed by atoms with E-state index < -0.39 is 17.8 Å². The molecule has 116 valence electrons. The van der Waals surface area contributed by atoms with E-state index in [0.29, 0.717) is 24.6 Å². The number of rotatable bonds is 2. The summed E-state index contributed by atoms with van der Waals surface area (Å²) in [6.07, 6.45) is 2.73. The number of aromatic nitrogens is 4. The van der Waals surface area contributed by atoms with Crippen molar-refractivity contribution in [2.24, 2.45) is 11.8 Å². The maximum absolute atomic E-state index is 13.3. The van der Waals surface area contributed by atoms with Crippen LogP contribution in [-0.4, -0.2) is 25.7 Å². The fourth-order valence-corrected chi connectivity index (χ4v) is 3.77. The van der Waals surface area contributed by atoms with E-state index in [1.54, 1.807) is 10.9 Å². The smallest absolute Gasteiger partial charge is 0.254 e. The molecule has 0 spiro atoms. The zero-order valence-corrected chi connectivity index (χ0v) is 12.4. The Bertz CT molecular complexity index is 717. The van der Waals surface area contributed by atoms with Crippen molar-refractivity contribution < 1.29 is 8.78 Å². The molecule has 22 heavy (non-hydrogen) atoms. The van der Waals surface area contributed by atoms with E-state index in [9.17, 15) is 8.78 Å². The number of halogens is 2. The topological polar surface area (TPSA) is 69.6 Å². The Hall–Kier alpha value is -2.05. The number of nitrogen functional groups attached to an aromatic ring is 1. The molecule has 7 heteroatoms. The molecule has 0 amide bonds. The van der Waals surface area contributed by atoms with E-state index in [0.717, 1.165) is 17.0 Å². The third-order valence-corrected chi connectivity index (χ3v) is 4.93. The maximum atomic E-state index is 13.3. The Kier molecular flexibility index (Phi) is 2.62. The Morgan fingerprint density at radius 2 is 1.91 bits per heavy atom. The molecular formula is C15H17F2N5. The van der Waals surface area contributed by atoms with Gasteiger partial charge >= 0.3 is 0 Å². The molecule has 2 aliphatic carbocycles. The number of hydrogen-bond donors (Lipinski definition) is 1. The van der Waals surface area contributed by atoms with Crippen LogP contribution in [0.1, 0.15) is 35.7 Å². The first kappa shape index (κ1) is 13.6. The van der Waals surface area contributed by atoms with E-state index >= 15 is 0 Å². The van der Waals surface area contributed by atoms with E-state index in [-0.39, 0.29) is 5.92 Å². The summed E-state index contributed by atoms with van der Waals surface area (Å²) in [5, 5.41) is 4.27. The molecule has 2 aliphatic rings. The minimum atomic E-state index is -2.47. The lowest BCUT2D eigenvalue weighted by Crippen LogP contribution is -2.14. The van der Waals surface area contributed by atoms with E-state index in [1.165, 1.54) is 0 Å². The first-order valence-electron chi connectivity index (χ1n) is 7.42. The van der Waals surface area contributed by atoms with Crippen LogP contribution in [0.5, 0.6) is 0 Å². The molecule has 0 aliphatic heterocycles. The molecule has 5 nitrogen and oxygen atoms in total. The molecule has 2 heterocycles. The molecule has 2 aromatic rings. The van der Waals surface area contributed by atoms with Crippen LogP contribution in [0.3, 0.4) is 0 Å². The Labute approximate surface area is 126 Å². The number of hydrogen-bond acceptors (Lipinski definition) is 4. The molecule has 2 saturated carbocycles. The van der Waals surface area contributed by atoms with Gasteiger partial charge in [0.05, 0.1) is 5.69 Å². The Morgan fingerprint density at radius 3 is 2.45 bits per heavy atom. The predicted octanol–water partition coefficient (Wildman–Crippen LogP) is 2.62. The van der Waals surface area contributed by atoms with Crippen molar-refractivity contribution in [1.82, 2.24) is 19.7 Å². The molecule has 2 aromatic heterocycles. The van der Waals surface area contributed by atoms with Crippen molar-refractivity contribution in [2.45, 2.75) is 38.5 Å². The van der Waals surface area contributed by atoms with Gasteiger partial charge < -0.3 is 5.73 Å². The average Bonchev–Trinajstić information content (AvgIpc) is 2.87. The van der Waals surface area contributed by atoms with Crippen LogP contribution < -0.4 is 5.73 Å². The van der Waals surface area contributed by atoms with Gasteiger partial charge in [-0.25, -0.2) is 18.4 Å². The molecule has 0 bridgehead atoms. The monoisotopic (exact) mass is 305 g/mol. The molecule has 4 rings (SSSR count). The Morgan fingerprint density at radius 1 is 1.23 bits per heavy atom. The molecule has 2 fully saturated rings. The molecule has 2 N–H and O–H groups in total. The van der Waals surface area contributed by atoms with Crippen LogP contribution in [0.4, 0.5) is 14.6 Å². The van der Waals surface area contributed by atoms with Gasteiger partial charge in [0.25, 0.3) is 11.9 Å². The van der Waals surface area contributed by atoms with E-state index in [2.05, 4.69) is 15.1 Å². The number of anilines is 1. The van der Waals surface area contributed by atoms with Crippen LogP contribution in [-0.2, 0) is 0 Å². The highest BCUT2D eigenvalue weighted by molar-refractivity contribution is 5.47. The van der Waals surface area contributed by atoms with Gasteiger partial charge in [-0.1, -0.05) is 0 Å². The van der Waals surface area contributed by atoms with Gasteiger partial charge in [-0.2, -0.15) is 10.1 Å². The third kappa shape index (κ3) is 1.84. The Balaban J connectivity index is 1.65. The summed E-state index contributed by atoms with van der Waals surface area (Å²) < 4.78 is 28.3. The predicted molar refractivity (Wildman–Crippen MR) is 76.9 cm³/mol. The molecular weight excluding hydrogens is 288 g/mol. The largest absolute Gasteiger partial charge is 0.383 e. The quantitative estimate of drug-likeness (QED) is 0.926. The van der Waals surface area contributed by atoms with Gasteiger partial charge in [-0.3, -0.25) is 0 Å². The van der Waals surface area contributed by atoms with Crippen LogP contribution >= 0.6 is 0 Å². The normalized spacial score (nSPS) is 28.6. The average molecular weight is 305 g/mol. The van der Waals surface area contributed by atoms with E-state index in [4.69, 9.17) is 5.73 Å². The SMILES string of the molecule is Cc1ccn(-c2nc(C)c(C3C[C@@H]4[C@H](C3)C4(F)F)c(N)n2)n1. The molecule has 3 atom stereocenters. The van der Waals surface area contributed by atoms with Gasteiger partial charge in [0.1, 0.15) is 5.82 Å². The van der Waals surface area contributed by atoms with Gasteiger partial charge in [0.15, 0.2) is 0 Å². The molecule has 1 unspecified atom stereocenters. The van der Waals surface area contributed by atoms with Gasteiger partial charge in [0, 0.05) is 29.3 Å². The molecule has 0 aromatic carbocycles. The van der Waals surface area contributed by atoms with Gasteiger partial charge in [-0.15, -0.1) is 0 Å². The van der Waals surface area contributed by atoms with Crippen molar-refractivity contribution in [2.75, 3.05) is 5.73 Å². The number of nitrogens with zero attached hydrogens (tertiary/aromatic N) is 4. The van der Waals surface area contributed by atoms with Crippen molar-refractivity contribution in [3.63, 3.8) is 0 Å². The zero-order valence-electron chi connectivity index (χ0n) is 12.4. The second-order valence-corrected chi connectivity index (χ2v) is 6.37. The summed E-state index contributed by atoms with van der Waals surface area (Å²) in [6, 6.07) is 1.86. The second kappa shape index (κ2) is 4.24. The maximum Gasteiger partial charge on any atom is 0.254 e. The van der Waals surface area contributed by atoms with Crippen molar-refractivity contribution in [3.8, 4) is 5.95 Å². The lowest BCUT2D eigenvalue weighted by molar-refractivity contribution is 0.0695. The first-order chi connectivity index (χ1) is 10.4. The summed E-state index contributed by atoms with van der Waals surface area (Å²) in [4.78, 5) is 8.78. The minimum Gasteiger partial charge on any atom is -0.383 e. The number of nitrogens with two attached hydrogens (primary N) is 1. The summed E-state index contributed by atoms with van der Waals surface area (Å²) in [7, 11) is 0. The summed E-state index contributed by atoms with van der Waals surface area (Å²) >= 11 is 0. The third-order valence-electron chi connectivity index (χ3n) is 4.93. The lowest BCUT2D eigenvalue weighted by atomic mass is 9.93. The van der Waals surface area contributed by atoms with Crippen LogP contribution in [0, 0.1) is 25.7 Å². The van der Waals surface area contributed by atoms with E-state index in [1.807, 2.05) is 19.9 Å². The number of fused-ring (bicyclic) bond motifs is 1. The highest BCUT2D eigenvalue weighted by Gasteiger charge is 2.71. The fraction of sp³-hybridized carbons (Fsp3) is 0.533. The van der Waals surface area contributed by atoms with Crippen LogP contribution in [0.2, 0.25) is 0 Å². The van der Waals surface area contributed by atoms with Crippen molar-refractivity contribution >= 4 is 5.82 Å². The number of aryl methyl sites for hydroxylation is 2. The summed E-state index contributed by atoms with van der Waals surface area (Å²) in [5.74, 6) is -2.59. The van der Waals surface area contributed by atoms with Crippen molar-refractivity contribution in [3.05, 3.63) is 29.2 Å². The molecule has 0 radical (unpaired) electrons. The van der Waals surface area contributed by atoms with Crippen LogP contribution in [0.25, 0.3) is 5.95 Å². The first-order valence-corrected chi connectivity index (χ1v) is 7.42. The van der Waals surface area contributed by atoms with Gasteiger partial charge in [0.2, 0.25) is 0 Å². The standard InChI is InChI=1S/C15H17F2N5/c1-7-3-4-22(21-7)14-19-8(2)12(13(18)20-14)9-5-10-11(6-9)15(10,16)17/h3-4,9-11H,5-6H2,1-2H3,(H2,18,19,20)/t9?,10-,11+. The van der Waals surface area contributed by atoms with Crippen molar-refractivity contribution in [1.29, 1.82) is 0 Å². The zero-order chi connectivity index (χ0) is 15.6. The van der Waals surface area contributed by atoms with Gasteiger partial charge in [-0.05, 0) is 38.7 Å². The minimum absolute atomic E-state index is 0.0445. The summed E-state index contributed by atoms with van der Waals surface area (Å²) in [5.41, 5.74) is 8.54. The lowest BCUT2D eigenvalue weighted by Gasteiger charge is -2.18. The highest BCUT2D eigenvalue weighted by atomic mass is 19.3. The fourth-order valence-electron chi connectivity index (χ4n) is 3.77. The second-order valence-electron chi connectivity index (χ2n) is 6.37. The van der Waals surface area contributed by atoms with Crippen LogP contribution in [0.15, 0.2) is 12.3 Å². The molecule has 0 saturated heterocycles. The number of alkyl halides is 2. The summed E-state index contributed by atoms with van der Waals surface area (Å²) in [6.45, 7) is 3.74. The highest BCUT2D eigenvalue weighted by Crippen LogP contribution is 2.67.